The number of ether oxygens (including phenoxy) is 1. The Balaban J connectivity index is 1.97. The fraction of sp³-hybridized carbons (Fsp3) is 0.217. The number of rotatable bonds is 8. The number of anilines is 1. The lowest BCUT2D eigenvalue weighted by molar-refractivity contribution is -0.151. The topological polar surface area (TPSA) is 72.4 Å². The van der Waals surface area contributed by atoms with E-state index in [-0.39, 0.29) is 25.1 Å². The first-order valence-corrected chi connectivity index (χ1v) is 10.1. The molecule has 0 saturated carbocycles. The van der Waals surface area contributed by atoms with Crippen LogP contribution in [0, 0.1) is 11.7 Å². The Hall–Kier alpha value is -3.32. The maximum absolute atomic E-state index is 14.3. The average Bonchev–Trinajstić information content (AvgIpc) is 2.78. The predicted octanol–water partition coefficient (Wildman–Crippen LogP) is 4.22. The summed E-state index contributed by atoms with van der Waals surface area (Å²) < 4.78 is 19.4. The lowest BCUT2D eigenvalue weighted by Crippen LogP contribution is -2.41. The SMILES string of the molecule is CCOC(=O)C(Cc1ccccc1F)C(=O)N(Cc1ccc(Cl)nc1)c1ccccn1. The molecule has 2 aromatic heterocycles. The molecular weight excluding hydrogens is 421 g/mol. The van der Waals surface area contributed by atoms with Crippen molar-refractivity contribution in [3.05, 3.63) is 89.1 Å². The highest BCUT2D eigenvalue weighted by Gasteiger charge is 2.34. The van der Waals surface area contributed by atoms with Gasteiger partial charge in [-0.3, -0.25) is 14.5 Å². The number of carbonyl (C=O) groups excluding carboxylic acids is 2. The van der Waals surface area contributed by atoms with E-state index in [1.54, 1.807) is 67.8 Å². The highest BCUT2D eigenvalue weighted by atomic mass is 35.5. The summed E-state index contributed by atoms with van der Waals surface area (Å²) in [4.78, 5) is 35.9. The molecule has 0 bridgehead atoms. The molecule has 0 aliphatic rings. The third kappa shape index (κ3) is 5.86. The van der Waals surface area contributed by atoms with Crippen molar-refractivity contribution < 1.29 is 18.7 Å². The number of carbonyl (C=O) groups is 2. The molecule has 6 nitrogen and oxygen atoms in total. The van der Waals surface area contributed by atoms with Crippen molar-refractivity contribution in [2.45, 2.75) is 19.9 Å². The van der Waals surface area contributed by atoms with E-state index in [4.69, 9.17) is 16.3 Å². The van der Waals surface area contributed by atoms with Gasteiger partial charge in [0.15, 0.2) is 0 Å². The van der Waals surface area contributed by atoms with E-state index in [2.05, 4.69) is 9.97 Å². The standard InChI is InChI=1S/C23H21ClFN3O3/c1-2-31-23(30)18(13-17-7-3-4-8-19(17)25)22(29)28(21-9-5-6-12-26-21)15-16-10-11-20(24)27-14-16/h3-12,14,18H,2,13,15H2,1H3. The zero-order chi connectivity index (χ0) is 22.2. The first-order chi connectivity index (χ1) is 15.0. The number of nitrogens with zero attached hydrogens (tertiary/aromatic N) is 3. The van der Waals surface area contributed by atoms with Crippen LogP contribution in [0.2, 0.25) is 5.15 Å². The van der Waals surface area contributed by atoms with Gasteiger partial charge in [-0.05, 0) is 48.7 Å². The second-order valence-corrected chi connectivity index (χ2v) is 7.09. The number of hydrogen-bond acceptors (Lipinski definition) is 5. The third-order valence-electron chi connectivity index (χ3n) is 4.57. The van der Waals surface area contributed by atoms with E-state index < -0.39 is 23.6 Å². The van der Waals surface area contributed by atoms with Crippen LogP contribution >= 0.6 is 11.6 Å². The molecule has 0 N–H and O–H groups in total. The van der Waals surface area contributed by atoms with Crippen LogP contribution in [0.5, 0.6) is 0 Å². The molecule has 0 saturated heterocycles. The van der Waals surface area contributed by atoms with Gasteiger partial charge >= 0.3 is 5.97 Å². The Kier molecular flexibility index (Phi) is 7.67. The second kappa shape index (κ2) is 10.6. The number of benzene rings is 1. The van der Waals surface area contributed by atoms with Gasteiger partial charge in [0, 0.05) is 12.4 Å². The van der Waals surface area contributed by atoms with Crippen molar-refractivity contribution in [3.63, 3.8) is 0 Å². The summed E-state index contributed by atoms with van der Waals surface area (Å²) in [6.07, 6.45) is 2.96. The molecule has 0 aliphatic heterocycles. The van der Waals surface area contributed by atoms with Crippen molar-refractivity contribution in [1.82, 2.24) is 9.97 Å². The van der Waals surface area contributed by atoms with Gasteiger partial charge in [-0.2, -0.15) is 0 Å². The molecule has 3 aromatic rings. The predicted molar refractivity (Wildman–Crippen MR) is 115 cm³/mol. The maximum Gasteiger partial charge on any atom is 0.318 e. The molecule has 1 atom stereocenters. The molecule has 3 rings (SSSR count). The maximum atomic E-state index is 14.3. The Morgan fingerprint density at radius 1 is 1.10 bits per heavy atom. The Morgan fingerprint density at radius 3 is 2.52 bits per heavy atom. The fourth-order valence-electron chi connectivity index (χ4n) is 3.05. The molecular formula is C23H21ClFN3O3. The van der Waals surface area contributed by atoms with Crippen LogP contribution in [0.3, 0.4) is 0 Å². The summed E-state index contributed by atoms with van der Waals surface area (Å²) >= 11 is 5.86. The zero-order valence-electron chi connectivity index (χ0n) is 16.9. The molecule has 0 radical (unpaired) electrons. The molecule has 2 heterocycles. The molecule has 1 unspecified atom stereocenters. The summed E-state index contributed by atoms with van der Waals surface area (Å²) in [5, 5.41) is 0.323. The van der Waals surface area contributed by atoms with Crippen molar-refractivity contribution in [3.8, 4) is 0 Å². The average molecular weight is 442 g/mol. The third-order valence-corrected chi connectivity index (χ3v) is 4.80. The van der Waals surface area contributed by atoms with E-state index >= 15 is 0 Å². The van der Waals surface area contributed by atoms with Gasteiger partial charge in [0.05, 0.1) is 13.2 Å². The van der Waals surface area contributed by atoms with Crippen LogP contribution in [0.15, 0.2) is 67.0 Å². The summed E-state index contributed by atoms with van der Waals surface area (Å²) in [6.45, 7) is 1.86. The normalized spacial score (nSPS) is 11.6. The summed E-state index contributed by atoms with van der Waals surface area (Å²) in [5.74, 6) is -2.64. The minimum Gasteiger partial charge on any atom is -0.465 e. The molecule has 1 amide bonds. The van der Waals surface area contributed by atoms with Crippen LogP contribution in [0.25, 0.3) is 0 Å². The molecule has 0 spiro atoms. The highest BCUT2D eigenvalue weighted by molar-refractivity contribution is 6.29. The number of halogens is 2. The largest absolute Gasteiger partial charge is 0.465 e. The van der Waals surface area contributed by atoms with Gasteiger partial charge in [0.25, 0.3) is 0 Å². The highest BCUT2D eigenvalue weighted by Crippen LogP contribution is 2.22. The minimum absolute atomic E-state index is 0.102. The number of aromatic nitrogens is 2. The quantitative estimate of drug-likeness (QED) is 0.297. The van der Waals surface area contributed by atoms with Crippen molar-refractivity contribution in [1.29, 1.82) is 0 Å². The summed E-state index contributed by atoms with van der Waals surface area (Å²) in [6, 6.07) is 14.5. The van der Waals surface area contributed by atoms with Crippen LogP contribution in [0.1, 0.15) is 18.1 Å². The molecule has 160 valence electrons. The van der Waals surface area contributed by atoms with Gasteiger partial charge < -0.3 is 4.74 Å². The van der Waals surface area contributed by atoms with Gasteiger partial charge in [-0.1, -0.05) is 41.9 Å². The lowest BCUT2D eigenvalue weighted by atomic mass is 9.97. The van der Waals surface area contributed by atoms with Crippen molar-refractivity contribution in [2.75, 3.05) is 11.5 Å². The van der Waals surface area contributed by atoms with E-state index in [0.717, 1.165) is 0 Å². The number of pyridine rings is 2. The van der Waals surface area contributed by atoms with Crippen LogP contribution in [0.4, 0.5) is 10.2 Å². The first kappa shape index (κ1) is 22.4. The number of hydrogen-bond donors (Lipinski definition) is 0. The van der Waals surface area contributed by atoms with Gasteiger partial charge in [-0.25, -0.2) is 14.4 Å². The molecule has 8 heteroatoms. The van der Waals surface area contributed by atoms with Crippen LogP contribution < -0.4 is 4.90 Å². The van der Waals surface area contributed by atoms with Gasteiger partial charge in [-0.15, -0.1) is 0 Å². The number of esters is 1. The Labute approximate surface area is 184 Å². The summed E-state index contributed by atoms with van der Waals surface area (Å²) in [7, 11) is 0. The Bertz CT molecular complexity index is 1030. The minimum atomic E-state index is -1.24. The molecule has 31 heavy (non-hydrogen) atoms. The lowest BCUT2D eigenvalue weighted by Gasteiger charge is -2.26. The van der Waals surface area contributed by atoms with Crippen molar-refractivity contribution >= 4 is 29.3 Å². The smallest absolute Gasteiger partial charge is 0.318 e. The molecule has 1 aromatic carbocycles. The Morgan fingerprint density at radius 2 is 1.87 bits per heavy atom. The number of amides is 1. The van der Waals surface area contributed by atoms with Gasteiger partial charge in [0.2, 0.25) is 5.91 Å². The zero-order valence-corrected chi connectivity index (χ0v) is 17.6. The van der Waals surface area contributed by atoms with E-state index in [1.165, 1.54) is 11.0 Å². The van der Waals surface area contributed by atoms with E-state index in [0.29, 0.717) is 16.5 Å². The molecule has 0 aliphatic carbocycles. The van der Waals surface area contributed by atoms with E-state index in [9.17, 15) is 14.0 Å². The van der Waals surface area contributed by atoms with Gasteiger partial charge in [0.1, 0.15) is 22.7 Å². The van der Waals surface area contributed by atoms with Crippen LogP contribution in [-0.2, 0) is 27.3 Å². The monoisotopic (exact) mass is 441 g/mol. The first-order valence-electron chi connectivity index (χ1n) is 9.72. The molecule has 0 fully saturated rings. The summed E-state index contributed by atoms with van der Waals surface area (Å²) in [5.41, 5.74) is 0.944. The van der Waals surface area contributed by atoms with E-state index in [1.807, 2.05) is 0 Å². The van der Waals surface area contributed by atoms with Crippen molar-refractivity contribution in [2.24, 2.45) is 5.92 Å². The van der Waals surface area contributed by atoms with Crippen LogP contribution in [-0.4, -0.2) is 28.5 Å². The fourth-order valence-corrected chi connectivity index (χ4v) is 3.17. The second-order valence-electron chi connectivity index (χ2n) is 6.70.